The highest BCUT2D eigenvalue weighted by Gasteiger charge is 2.28. The molecule has 0 unspecified atom stereocenters. The summed E-state index contributed by atoms with van der Waals surface area (Å²) >= 11 is 0. The van der Waals surface area contributed by atoms with Crippen LogP contribution in [0.5, 0.6) is 0 Å². The highest BCUT2D eigenvalue weighted by Crippen LogP contribution is 2.30. The topological polar surface area (TPSA) is 36.9 Å². The van der Waals surface area contributed by atoms with Gasteiger partial charge in [0.15, 0.2) is 0 Å². The first-order valence-corrected chi connectivity index (χ1v) is 9.51. The molecule has 0 heterocycles. The van der Waals surface area contributed by atoms with Gasteiger partial charge in [-0.05, 0) is 32.1 Å². The summed E-state index contributed by atoms with van der Waals surface area (Å²) in [6, 6.07) is 0. The first-order chi connectivity index (χ1) is 11.5. The Hall–Kier alpha value is -0.160. The zero-order valence-corrected chi connectivity index (χ0v) is 17.7. The summed E-state index contributed by atoms with van der Waals surface area (Å²) < 4.78 is 21.1. The molecular formula is C20H44O4. The molecule has 0 saturated carbocycles. The number of hydrogen-bond acceptors (Lipinski definition) is 4. The van der Waals surface area contributed by atoms with E-state index in [1.807, 2.05) is 0 Å². The van der Waals surface area contributed by atoms with Crippen LogP contribution in [0.25, 0.3) is 0 Å². The van der Waals surface area contributed by atoms with E-state index in [4.69, 9.17) is 18.9 Å². The zero-order valence-electron chi connectivity index (χ0n) is 17.7. The van der Waals surface area contributed by atoms with Crippen molar-refractivity contribution in [3.63, 3.8) is 0 Å². The molecular weight excluding hydrogens is 304 g/mol. The van der Waals surface area contributed by atoms with Crippen LogP contribution in [0, 0.1) is 5.41 Å². The molecule has 0 spiro atoms. The first-order valence-electron chi connectivity index (χ1n) is 9.51. The van der Waals surface area contributed by atoms with E-state index in [2.05, 4.69) is 27.7 Å². The molecule has 0 aliphatic rings. The van der Waals surface area contributed by atoms with Crippen LogP contribution in [0.2, 0.25) is 0 Å². The minimum atomic E-state index is 0.0516. The molecule has 148 valence electrons. The van der Waals surface area contributed by atoms with Gasteiger partial charge in [-0.15, -0.1) is 0 Å². The fourth-order valence-electron chi connectivity index (χ4n) is 3.41. The van der Waals surface area contributed by atoms with E-state index in [1.54, 1.807) is 28.4 Å². The van der Waals surface area contributed by atoms with Crippen molar-refractivity contribution in [1.82, 2.24) is 0 Å². The third-order valence-corrected chi connectivity index (χ3v) is 4.95. The number of hydrogen-bond donors (Lipinski definition) is 0. The van der Waals surface area contributed by atoms with Crippen LogP contribution in [0.4, 0.5) is 0 Å². The Morgan fingerprint density at radius 2 is 1.08 bits per heavy atom. The van der Waals surface area contributed by atoms with E-state index in [0.717, 1.165) is 39.1 Å². The second-order valence-corrected chi connectivity index (χ2v) is 6.70. The van der Waals surface area contributed by atoms with E-state index in [0.29, 0.717) is 0 Å². The van der Waals surface area contributed by atoms with Crippen LogP contribution in [0.15, 0.2) is 0 Å². The summed E-state index contributed by atoms with van der Waals surface area (Å²) in [6.07, 6.45) is 7.91. The Morgan fingerprint density at radius 1 is 0.625 bits per heavy atom. The Kier molecular flexibility index (Phi) is 17.7. The maximum absolute atomic E-state index is 5.46. The van der Waals surface area contributed by atoms with Crippen LogP contribution < -0.4 is 0 Å². The molecule has 0 amide bonds. The molecule has 0 aromatic rings. The number of methoxy groups -OCH3 is 4. The van der Waals surface area contributed by atoms with Crippen molar-refractivity contribution in [3.8, 4) is 0 Å². The fourth-order valence-corrected chi connectivity index (χ4v) is 3.41. The summed E-state index contributed by atoms with van der Waals surface area (Å²) in [4.78, 5) is 0. The molecule has 24 heavy (non-hydrogen) atoms. The van der Waals surface area contributed by atoms with Crippen molar-refractivity contribution < 1.29 is 18.9 Å². The quantitative estimate of drug-likeness (QED) is 0.438. The average Bonchev–Trinajstić information content (AvgIpc) is 2.58. The van der Waals surface area contributed by atoms with Gasteiger partial charge in [-0.3, -0.25) is 0 Å². The highest BCUT2D eigenvalue weighted by atomic mass is 16.5. The molecule has 0 aromatic heterocycles. The maximum atomic E-state index is 5.46. The molecule has 4 heteroatoms. The highest BCUT2D eigenvalue weighted by molar-refractivity contribution is 4.78. The van der Waals surface area contributed by atoms with Crippen LogP contribution in [0.1, 0.15) is 72.6 Å². The average molecular weight is 349 g/mol. The van der Waals surface area contributed by atoms with E-state index in [1.165, 1.54) is 25.7 Å². The molecule has 0 aliphatic heterocycles. The van der Waals surface area contributed by atoms with Gasteiger partial charge >= 0.3 is 0 Å². The molecule has 0 aromatic carbocycles. The zero-order chi connectivity index (χ0) is 18.9. The second kappa shape index (κ2) is 16.3. The van der Waals surface area contributed by atoms with Gasteiger partial charge in [-0.1, -0.05) is 40.5 Å². The second-order valence-electron chi connectivity index (χ2n) is 6.70. The van der Waals surface area contributed by atoms with E-state index in [9.17, 15) is 0 Å². The SMILES string of the molecule is CCC(CC)(CCOC)OC.CCCC(CCC)(COC)COC. The summed E-state index contributed by atoms with van der Waals surface area (Å²) in [7, 11) is 7.06. The number of rotatable bonds is 14. The van der Waals surface area contributed by atoms with Crippen LogP contribution in [-0.2, 0) is 18.9 Å². The molecule has 0 N–H and O–H groups in total. The summed E-state index contributed by atoms with van der Waals surface area (Å²) in [5.41, 5.74) is 0.309. The lowest BCUT2D eigenvalue weighted by Crippen LogP contribution is -2.31. The van der Waals surface area contributed by atoms with Crippen LogP contribution in [0.3, 0.4) is 0 Å². The Morgan fingerprint density at radius 3 is 1.33 bits per heavy atom. The predicted octanol–water partition coefficient (Wildman–Crippen LogP) is 5.09. The van der Waals surface area contributed by atoms with Gasteiger partial charge in [-0.2, -0.15) is 0 Å². The maximum Gasteiger partial charge on any atom is 0.0695 e. The van der Waals surface area contributed by atoms with Crippen molar-refractivity contribution in [2.75, 3.05) is 48.3 Å². The van der Waals surface area contributed by atoms with Crippen molar-refractivity contribution in [3.05, 3.63) is 0 Å². The smallest absolute Gasteiger partial charge is 0.0695 e. The van der Waals surface area contributed by atoms with Crippen molar-refractivity contribution >= 4 is 0 Å². The molecule has 0 rings (SSSR count). The van der Waals surface area contributed by atoms with Gasteiger partial charge in [0.1, 0.15) is 0 Å². The van der Waals surface area contributed by atoms with Crippen molar-refractivity contribution in [1.29, 1.82) is 0 Å². The van der Waals surface area contributed by atoms with Gasteiger partial charge in [-0.25, -0.2) is 0 Å². The molecule has 4 nitrogen and oxygen atoms in total. The minimum Gasteiger partial charge on any atom is -0.385 e. The third-order valence-electron chi connectivity index (χ3n) is 4.95. The summed E-state index contributed by atoms with van der Waals surface area (Å²) in [5, 5.41) is 0. The Labute approximate surface area is 151 Å². The minimum absolute atomic E-state index is 0.0516. The van der Waals surface area contributed by atoms with Gasteiger partial charge in [0.05, 0.1) is 18.8 Å². The predicted molar refractivity (Wildman–Crippen MR) is 103 cm³/mol. The van der Waals surface area contributed by atoms with E-state index < -0.39 is 0 Å². The van der Waals surface area contributed by atoms with Gasteiger partial charge in [0.25, 0.3) is 0 Å². The summed E-state index contributed by atoms with van der Waals surface area (Å²) in [6.45, 7) is 11.2. The molecule has 0 fully saturated rings. The molecule has 0 atom stereocenters. The first kappa shape index (κ1) is 26.1. The Balaban J connectivity index is 0. The lowest BCUT2D eigenvalue weighted by molar-refractivity contribution is -0.0383. The van der Waals surface area contributed by atoms with Gasteiger partial charge < -0.3 is 18.9 Å². The van der Waals surface area contributed by atoms with Crippen LogP contribution >= 0.6 is 0 Å². The standard InChI is InChI=1S/C11H24O2.C9H20O2/c1-5-7-11(8-6-2,9-12-3)10-13-4;1-5-9(6-2,11-4)7-8-10-3/h5-10H2,1-4H3;5-8H2,1-4H3. The van der Waals surface area contributed by atoms with Crippen LogP contribution in [-0.4, -0.2) is 53.9 Å². The van der Waals surface area contributed by atoms with Crippen molar-refractivity contribution in [2.45, 2.75) is 78.2 Å². The van der Waals surface area contributed by atoms with Gasteiger partial charge in [0, 0.05) is 40.5 Å². The third kappa shape index (κ3) is 10.7. The molecule has 0 aliphatic carbocycles. The van der Waals surface area contributed by atoms with E-state index >= 15 is 0 Å². The fraction of sp³-hybridized carbons (Fsp3) is 1.00. The van der Waals surface area contributed by atoms with Crippen molar-refractivity contribution in [2.24, 2.45) is 5.41 Å². The monoisotopic (exact) mass is 348 g/mol. The molecule has 0 bridgehead atoms. The molecule has 0 saturated heterocycles. The van der Waals surface area contributed by atoms with E-state index in [-0.39, 0.29) is 11.0 Å². The number of ether oxygens (including phenoxy) is 4. The molecule has 0 radical (unpaired) electrons. The lowest BCUT2D eigenvalue weighted by atomic mass is 9.81. The lowest BCUT2D eigenvalue weighted by Gasteiger charge is -2.31. The summed E-state index contributed by atoms with van der Waals surface area (Å²) in [5.74, 6) is 0. The Bertz CT molecular complexity index is 214. The largest absolute Gasteiger partial charge is 0.385 e. The normalized spacial score (nSPS) is 12.0. The van der Waals surface area contributed by atoms with Gasteiger partial charge in [0.2, 0.25) is 0 Å².